The molecule has 0 aliphatic heterocycles. The highest BCUT2D eigenvalue weighted by Crippen LogP contribution is 2.40. The first-order valence-corrected chi connectivity index (χ1v) is 6.38. The summed E-state index contributed by atoms with van der Waals surface area (Å²) in [5.74, 6) is 1.42. The summed E-state index contributed by atoms with van der Waals surface area (Å²) in [7, 11) is 0. The largest absolute Gasteiger partial charge is 0.281 e. The van der Waals surface area contributed by atoms with E-state index in [0.717, 1.165) is 17.2 Å². The minimum atomic E-state index is 0.635. The van der Waals surface area contributed by atoms with Crippen LogP contribution in [0.2, 0.25) is 0 Å². The molecule has 1 aliphatic rings. The third kappa shape index (κ3) is 2.06. The second-order valence-electron chi connectivity index (χ2n) is 4.41. The van der Waals surface area contributed by atoms with Gasteiger partial charge in [-0.15, -0.1) is 0 Å². The molecule has 0 radical (unpaired) electrons. The summed E-state index contributed by atoms with van der Waals surface area (Å²) in [5, 5.41) is 7.50. The summed E-state index contributed by atoms with van der Waals surface area (Å²) in [4.78, 5) is 0. The number of rotatable bonds is 2. The number of hydrogen-bond donors (Lipinski definition) is 1. The van der Waals surface area contributed by atoms with E-state index < -0.39 is 0 Å². The molecule has 1 unspecified atom stereocenters. The van der Waals surface area contributed by atoms with Crippen molar-refractivity contribution in [2.75, 3.05) is 0 Å². The van der Waals surface area contributed by atoms with Gasteiger partial charge in [0, 0.05) is 17.2 Å². The van der Waals surface area contributed by atoms with E-state index in [-0.39, 0.29) is 0 Å². The minimum Gasteiger partial charge on any atom is -0.281 e. The standard InChI is InChI=1S/C12H18N2.C2H6/c1-5-9-6-10-11(7(2)3)13-14-12(10)8(9)4;1-2/h8-9H,2,5-6H2,1,3-4H3,(H,13,14);1-2H3/t8?,9-;/m1./s1. The predicted molar refractivity (Wildman–Crippen MR) is 70.5 cm³/mol. The van der Waals surface area contributed by atoms with Crippen LogP contribution in [-0.2, 0) is 6.42 Å². The number of hydrogen-bond acceptors (Lipinski definition) is 1. The van der Waals surface area contributed by atoms with Gasteiger partial charge in [0.05, 0.1) is 5.69 Å². The molecule has 0 fully saturated rings. The average molecular weight is 220 g/mol. The van der Waals surface area contributed by atoms with E-state index >= 15 is 0 Å². The zero-order valence-corrected chi connectivity index (χ0v) is 11.2. The number of fused-ring (bicyclic) bond motifs is 1. The van der Waals surface area contributed by atoms with E-state index in [2.05, 4.69) is 30.6 Å². The molecule has 0 saturated carbocycles. The molecule has 90 valence electrons. The van der Waals surface area contributed by atoms with Crippen molar-refractivity contribution in [3.05, 3.63) is 23.5 Å². The fourth-order valence-corrected chi connectivity index (χ4v) is 2.49. The van der Waals surface area contributed by atoms with Gasteiger partial charge in [0.25, 0.3) is 0 Å². The normalized spacial score (nSPS) is 22.3. The predicted octanol–water partition coefficient (Wildman–Crippen LogP) is 4.15. The Kier molecular flexibility index (Phi) is 4.34. The van der Waals surface area contributed by atoms with Gasteiger partial charge in [0.1, 0.15) is 0 Å². The van der Waals surface area contributed by atoms with Crippen molar-refractivity contribution in [3.8, 4) is 0 Å². The molecule has 1 aliphatic carbocycles. The van der Waals surface area contributed by atoms with Gasteiger partial charge in [-0.1, -0.05) is 40.7 Å². The van der Waals surface area contributed by atoms with Crippen LogP contribution in [0.1, 0.15) is 63.9 Å². The zero-order chi connectivity index (χ0) is 12.3. The first-order valence-electron chi connectivity index (χ1n) is 6.38. The average Bonchev–Trinajstić information content (AvgIpc) is 2.82. The minimum absolute atomic E-state index is 0.635. The van der Waals surface area contributed by atoms with Crippen molar-refractivity contribution >= 4 is 5.57 Å². The van der Waals surface area contributed by atoms with Crippen LogP contribution in [0.15, 0.2) is 6.58 Å². The van der Waals surface area contributed by atoms with E-state index in [1.165, 1.54) is 24.1 Å². The summed E-state index contributed by atoms with van der Waals surface area (Å²) in [6, 6.07) is 0. The Bertz CT molecular complexity index is 363. The lowest BCUT2D eigenvalue weighted by atomic mass is 9.94. The maximum absolute atomic E-state index is 4.33. The van der Waals surface area contributed by atoms with Crippen LogP contribution in [0.3, 0.4) is 0 Å². The van der Waals surface area contributed by atoms with Crippen molar-refractivity contribution in [1.82, 2.24) is 10.2 Å². The van der Waals surface area contributed by atoms with Crippen molar-refractivity contribution in [3.63, 3.8) is 0 Å². The van der Waals surface area contributed by atoms with Crippen LogP contribution in [0.5, 0.6) is 0 Å². The molecule has 1 aromatic rings. The molecule has 2 nitrogen and oxygen atoms in total. The number of nitrogens with zero attached hydrogens (tertiary/aromatic N) is 1. The van der Waals surface area contributed by atoms with Gasteiger partial charge in [-0.2, -0.15) is 5.10 Å². The van der Waals surface area contributed by atoms with E-state index in [1.807, 2.05) is 20.8 Å². The molecule has 0 amide bonds. The molecule has 0 bridgehead atoms. The Morgan fingerprint density at radius 3 is 2.62 bits per heavy atom. The Balaban J connectivity index is 0.000000606. The van der Waals surface area contributed by atoms with Crippen LogP contribution in [0.25, 0.3) is 5.57 Å². The molecule has 1 N–H and O–H groups in total. The second-order valence-corrected chi connectivity index (χ2v) is 4.41. The monoisotopic (exact) mass is 220 g/mol. The van der Waals surface area contributed by atoms with Crippen molar-refractivity contribution in [2.45, 2.75) is 53.4 Å². The van der Waals surface area contributed by atoms with Crippen LogP contribution in [-0.4, -0.2) is 10.2 Å². The smallest absolute Gasteiger partial charge is 0.0906 e. The molecular formula is C14H24N2. The highest BCUT2D eigenvalue weighted by molar-refractivity contribution is 5.62. The summed E-state index contributed by atoms with van der Waals surface area (Å²) in [6.07, 6.45) is 2.42. The molecule has 1 aromatic heterocycles. The van der Waals surface area contributed by atoms with Gasteiger partial charge in [0.15, 0.2) is 0 Å². The molecular weight excluding hydrogens is 196 g/mol. The molecule has 0 spiro atoms. The van der Waals surface area contributed by atoms with E-state index in [4.69, 9.17) is 0 Å². The fourth-order valence-electron chi connectivity index (χ4n) is 2.49. The zero-order valence-electron chi connectivity index (χ0n) is 11.2. The van der Waals surface area contributed by atoms with Gasteiger partial charge in [0.2, 0.25) is 0 Å². The number of aromatic amines is 1. The van der Waals surface area contributed by atoms with Gasteiger partial charge in [-0.05, 0) is 24.8 Å². The lowest BCUT2D eigenvalue weighted by molar-refractivity contribution is 0.459. The van der Waals surface area contributed by atoms with Gasteiger partial charge < -0.3 is 0 Å². The summed E-state index contributed by atoms with van der Waals surface area (Å²) >= 11 is 0. The Morgan fingerprint density at radius 2 is 2.12 bits per heavy atom. The molecule has 2 atom stereocenters. The van der Waals surface area contributed by atoms with Crippen LogP contribution >= 0.6 is 0 Å². The lowest BCUT2D eigenvalue weighted by Crippen LogP contribution is -2.04. The molecule has 0 aromatic carbocycles. The molecule has 2 rings (SSSR count). The molecule has 16 heavy (non-hydrogen) atoms. The van der Waals surface area contributed by atoms with Crippen molar-refractivity contribution < 1.29 is 0 Å². The quantitative estimate of drug-likeness (QED) is 0.796. The third-order valence-electron chi connectivity index (χ3n) is 3.46. The molecule has 2 heteroatoms. The first-order chi connectivity index (χ1) is 7.65. The first kappa shape index (κ1) is 13.0. The van der Waals surface area contributed by atoms with Gasteiger partial charge in [-0.25, -0.2) is 0 Å². The number of nitrogens with one attached hydrogen (secondary N) is 1. The third-order valence-corrected chi connectivity index (χ3v) is 3.46. The van der Waals surface area contributed by atoms with E-state index in [9.17, 15) is 0 Å². The Hall–Kier alpha value is -1.05. The number of aromatic nitrogens is 2. The highest BCUT2D eigenvalue weighted by Gasteiger charge is 2.32. The van der Waals surface area contributed by atoms with Crippen LogP contribution in [0.4, 0.5) is 0 Å². The second kappa shape index (κ2) is 5.33. The summed E-state index contributed by atoms with van der Waals surface area (Å²) in [5.41, 5.74) is 4.93. The fraction of sp³-hybridized carbons (Fsp3) is 0.643. The Morgan fingerprint density at radius 1 is 1.50 bits per heavy atom. The van der Waals surface area contributed by atoms with E-state index in [1.54, 1.807) is 0 Å². The summed E-state index contributed by atoms with van der Waals surface area (Å²) < 4.78 is 0. The number of allylic oxidation sites excluding steroid dienone is 1. The van der Waals surface area contributed by atoms with E-state index in [0.29, 0.717) is 5.92 Å². The van der Waals surface area contributed by atoms with Crippen molar-refractivity contribution in [1.29, 1.82) is 0 Å². The Labute approximate surface area is 99.2 Å². The van der Waals surface area contributed by atoms with Crippen LogP contribution in [0, 0.1) is 5.92 Å². The molecule has 0 saturated heterocycles. The SMILES string of the molecule is C=C(C)c1n[nH]c2c1C[C@@H](CC)C2C.CC. The van der Waals surface area contributed by atoms with Gasteiger partial charge >= 0.3 is 0 Å². The molecule has 1 heterocycles. The lowest BCUT2D eigenvalue weighted by Gasteiger charge is -2.12. The van der Waals surface area contributed by atoms with Gasteiger partial charge in [-0.3, -0.25) is 5.10 Å². The summed E-state index contributed by atoms with van der Waals surface area (Å²) in [6.45, 7) is 14.6. The number of H-pyrrole nitrogens is 1. The highest BCUT2D eigenvalue weighted by atomic mass is 15.1. The van der Waals surface area contributed by atoms with Crippen LogP contribution < -0.4 is 0 Å². The van der Waals surface area contributed by atoms with Crippen molar-refractivity contribution in [2.24, 2.45) is 5.92 Å². The topological polar surface area (TPSA) is 28.7 Å². The maximum atomic E-state index is 4.33. The maximum Gasteiger partial charge on any atom is 0.0906 e.